The second-order valence-electron chi connectivity index (χ2n) is 8.47. The first kappa shape index (κ1) is 43.2. The van der Waals surface area contributed by atoms with Crippen LogP contribution < -0.4 is 113 Å². The number of ether oxygens (including phenoxy) is 1. The monoisotopic (exact) mass is 724 g/mol. The molecule has 6 rings (SSSR count). The number of hydrogen-bond acceptors (Lipinski definition) is 13. The molecule has 6 aromatic rings. The van der Waals surface area contributed by atoms with E-state index in [-0.39, 0.29) is 128 Å². The Labute approximate surface area is 362 Å². The number of halogens is 1. The van der Waals surface area contributed by atoms with E-state index in [1.165, 1.54) is 24.8 Å². The zero-order valence-electron chi connectivity index (χ0n) is 26.8. The molecule has 20 heteroatoms. The molecule has 242 valence electrons. The average Bonchev–Trinajstić information content (AvgIpc) is 3.83. The van der Waals surface area contributed by atoms with E-state index in [2.05, 4.69) is 25.1 Å². The maximum absolute atomic E-state index is 12.1. The molecule has 0 saturated carbocycles. The number of phenols is 1. The van der Waals surface area contributed by atoms with Gasteiger partial charge in [-0.3, -0.25) is 25.0 Å². The first-order valence-electron chi connectivity index (χ1n) is 12.8. The summed E-state index contributed by atoms with van der Waals surface area (Å²) in [5.74, 6) is 0.950. The third-order valence-electron chi connectivity index (χ3n) is 5.41. The van der Waals surface area contributed by atoms with Gasteiger partial charge in [0.2, 0.25) is 0 Å². The quantitative estimate of drug-likeness (QED) is 0.0633. The predicted molar refractivity (Wildman–Crippen MR) is 159 cm³/mol. The van der Waals surface area contributed by atoms with Crippen molar-refractivity contribution >= 4 is 17.8 Å². The first-order chi connectivity index (χ1) is 22.7. The predicted octanol–water partition coefficient (Wildman–Crippen LogP) is -1.77. The molecule has 0 aliphatic rings. The van der Waals surface area contributed by atoms with Crippen LogP contribution in [0.4, 0.5) is 15.8 Å². The van der Waals surface area contributed by atoms with Crippen molar-refractivity contribution in [1.29, 1.82) is 0 Å². The minimum atomic E-state index is -0.570. The summed E-state index contributed by atoms with van der Waals surface area (Å²) in [5, 5.41) is 46.0. The number of aromatic nitrogens is 6. The molecule has 0 atom stereocenters. The van der Waals surface area contributed by atoms with Gasteiger partial charge in [0.25, 0.3) is 17.8 Å². The van der Waals surface area contributed by atoms with Crippen molar-refractivity contribution in [2.45, 2.75) is 0 Å². The fourth-order valence-corrected chi connectivity index (χ4v) is 3.29. The molecular weight excluding hydrogens is 702 g/mol. The average molecular weight is 725 g/mol. The van der Waals surface area contributed by atoms with Gasteiger partial charge in [-0.25, -0.2) is 23.7 Å². The second-order valence-corrected chi connectivity index (χ2v) is 8.47. The van der Waals surface area contributed by atoms with Crippen molar-refractivity contribution < 1.29 is 143 Å². The molecule has 1 N–H and O–H groups in total. The van der Waals surface area contributed by atoms with E-state index < -0.39 is 15.7 Å². The number of rotatable bonds is 7. The molecule has 17 nitrogen and oxygen atoms in total. The number of carbonyl (C=O) groups is 1. The van der Waals surface area contributed by atoms with Gasteiger partial charge >= 0.3 is 103 Å². The largest absolute Gasteiger partial charge is 1.00 e. The summed E-state index contributed by atoms with van der Waals surface area (Å²) >= 11 is 0. The molecule has 0 fully saturated rings. The van der Waals surface area contributed by atoms with Crippen LogP contribution in [0, 0.1) is 26.0 Å². The molecule has 0 aliphatic heterocycles. The Bertz CT molecular complexity index is 1820. The van der Waals surface area contributed by atoms with Gasteiger partial charge in [0.05, 0.1) is 21.2 Å². The zero-order valence-corrected chi connectivity index (χ0v) is 32.0. The molecule has 2 heterocycles. The molecule has 0 spiro atoms. The summed E-state index contributed by atoms with van der Waals surface area (Å²) in [7, 11) is 0. The van der Waals surface area contributed by atoms with Gasteiger partial charge in [0, 0.05) is 24.3 Å². The van der Waals surface area contributed by atoms with E-state index >= 15 is 0 Å². The minimum absolute atomic E-state index is 0. The van der Waals surface area contributed by atoms with Gasteiger partial charge in [-0.2, -0.15) is 10.2 Å². The Morgan fingerprint density at radius 3 is 1.41 bits per heavy atom. The number of nitrogens with zero attached hydrogens (tertiary/aromatic N) is 8. The van der Waals surface area contributed by atoms with E-state index in [1.54, 1.807) is 70.5 Å². The van der Waals surface area contributed by atoms with Crippen LogP contribution in [-0.2, 0) is 9.68 Å². The number of nitro benzene ring substituents is 2. The molecular formula is C29H23FK2N8O9. The number of benzene rings is 4. The number of carbonyl (C=O) groups excluding carboxylic acids is 1. The summed E-state index contributed by atoms with van der Waals surface area (Å²) in [5.41, 5.74) is 1.68. The Balaban J connectivity index is 0.000000711. The van der Waals surface area contributed by atoms with E-state index in [9.17, 15) is 24.6 Å². The van der Waals surface area contributed by atoms with Gasteiger partial charge in [0.15, 0.2) is 0 Å². The summed E-state index contributed by atoms with van der Waals surface area (Å²) < 4.78 is 21.0. The van der Waals surface area contributed by atoms with Crippen LogP contribution in [0.5, 0.6) is 17.2 Å². The summed E-state index contributed by atoms with van der Waals surface area (Å²) in [6.07, 6.45) is 6.13. The molecule has 0 aliphatic carbocycles. The van der Waals surface area contributed by atoms with E-state index in [0.29, 0.717) is 11.5 Å². The maximum Gasteiger partial charge on any atom is 1.00 e. The van der Waals surface area contributed by atoms with Gasteiger partial charge in [-0.1, -0.05) is 0 Å². The van der Waals surface area contributed by atoms with Crippen LogP contribution >= 0.6 is 0 Å². The number of phenolic OH excluding ortho intramolecular Hbond substituents is 1. The van der Waals surface area contributed by atoms with E-state index in [4.69, 9.17) is 19.9 Å². The molecule has 4 aromatic carbocycles. The molecule has 0 radical (unpaired) electrons. The Kier molecular flexibility index (Phi) is 20.8. The molecule has 0 bridgehead atoms. The molecule has 49 heavy (non-hydrogen) atoms. The van der Waals surface area contributed by atoms with Gasteiger partial charge in [0.1, 0.15) is 48.4 Å². The molecule has 2 aromatic heterocycles. The number of non-ortho nitro benzene ring substituents is 2. The Morgan fingerprint density at radius 1 is 0.694 bits per heavy atom. The van der Waals surface area contributed by atoms with Crippen molar-refractivity contribution in [2.24, 2.45) is 0 Å². The van der Waals surface area contributed by atoms with Crippen LogP contribution in [-0.4, -0.2) is 51.0 Å². The van der Waals surface area contributed by atoms with Gasteiger partial charge in [-0.15, -0.1) is 0 Å². The SMILES string of the molecule is O=CO[O-].O=[N+]([O-])c1ccc(F)cc1.O=[N+]([O-])c1ccc(Oc2ccc(-n3cncn3)cc2)cc1.Oc1ccc(-n2cncn2)cc1.[H-].[K+].[K+]. The van der Waals surface area contributed by atoms with Crippen LogP contribution in [0.1, 0.15) is 1.43 Å². The van der Waals surface area contributed by atoms with E-state index in [1.807, 2.05) is 12.1 Å². The Morgan fingerprint density at radius 2 is 1.06 bits per heavy atom. The number of nitro groups is 2. The van der Waals surface area contributed by atoms with Crippen molar-refractivity contribution in [3.63, 3.8) is 0 Å². The fraction of sp³-hybridized carbons (Fsp3) is 0. The summed E-state index contributed by atoms with van der Waals surface area (Å²) in [4.78, 5) is 38.5. The normalized spacial score (nSPS) is 9.18. The third-order valence-corrected chi connectivity index (χ3v) is 5.41. The van der Waals surface area contributed by atoms with Crippen molar-refractivity contribution in [2.75, 3.05) is 0 Å². The number of hydrogen-bond donors (Lipinski definition) is 1. The van der Waals surface area contributed by atoms with Crippen molar-refractivity contribution in [1.82, 2.24) is 29.5 Å². The number of aromatic hydroxyl groups is 1. The smallest absolute Gasteiger partial charge is 1.00 e. The zero-order chi connectivity index (χ0) is 34.0. The van der Waals surface area contributed by atoms with Crippen molar-refractivity contribution in [3.05, 3.63) is 148 Å². The van der Waals surface area contributed by atoms with E-state index in [0.717, 1.165) is 35.6 Å². The van der Waals surface area contributed by atoms with Gasteiger partial charge < -0.3 is 21.4 Å². The Hall–Kier alpha value is -3.81. The maximum atomic E-state index is 12.1. The first-order valence-corrected chi connectivity index (χ1v) is 12.8. The summed E-state index contributed by atoms with van der Waals surface area (Å²) in [6.45, 7) is -0.181. The van der Waals surface area contributed by atoms with Crippen LogP contribution in [0.25, 0.3) is 11.4 Å². The molecule has 0 unspecified atom stereocenters. The third kappa shape index (κ3) is 15.5. The summed E-state index contributed by atoms with van der Waals surface area (Å²) in [6, 6.07) is 24.3. The standard InChI is InChI=1S/C14H10N4O3.C8H7N3O.C6H4FNO2.CH2O3.2K.H/c19-18(20)12-3-7-14(8-4-12)21-13-5-1-11(2-6-13)17-10-15-9-16-17;12-8-3-1-7(2-4-8)11-6-9-5-10-11;7-5-1-3-6(4-2-5)8(9)10;2-1-4-3;;;/h1-10H;1-6,12H;1-4H;1,3H;;;/q;;;;2*+1;-1/p-1. The van der Waals surface area contributed by atoms with Crippen LogP contribution in [0.2, 0.25) is 0 Å². The van der Waals surface area contributed by atoms with Crippen LogP contribution in [0.3, 0.4) is 0 Å². The topological polar surface area (TPSA) is 227 Å². The fourth-order valence-electron chi connectivity index (χ4n) is 3.29. The minimum Gasteiger partial charge on any atom is -1.00 e. The molecule has 0 saturated heterocycles. The molecule has 0 amide bonds. The van der Waals surface area contributed by atoms with Gasteiger partial charge in [-0.05, 0) is 72.8 Å². The van der Waals surface area contributed by atoms with Crippen molar-refractivity contribution in [3.8, 4) is 28.6 Å². The second kappa shape index (κ2) is 23.5. The van der Waals surface area contributed by atoms with Crippen LogP contribution in [0.15, 0.2) is 122 Å².